The van der Waals surface area contributed by atoms with Gasteiger partial charge in [0, 0.05) is 37.8 Å². The van der Waals surface area contributed by atoms with E-state index >= 15 is 0 Å². The van der Waals surface area contributed by atoms with E-state index in [-0.39, 0.29) is 5.56 Å². The van der Waals surface area contributed by atoms with Crippen LogP contribution in [0.1, 0.15) is 19.8 Å². The van der Waals surface area contributed by atoms with Crippen LogP contribution in [0, 0.1) is 0 Å². The second-order valence-corrected chi connectivity index (χ2v) is 6.38. The topological polar surface area (TPSA) is 41.4 Å². The first-order valence-corrected chi connectivity index (χ1v) is 8.84. The molecule has 3 rings (SSSR count). The minimum atomic E-state index is -0.0388. The molecule has 0 unspecified atom stereocenters. The Bertz CT molecular complexity index is 690. The number of aromatic nitrogens is 2. The van der Waals surface area contributed by atoms with Crippen molar-refractivity contribution in [3.8, 4) is 11.3 Å². The fraction of sp³-hybridized carbons (Fsp3) is 0.474. The normalized spacial score (nSPS) is 16.4. The summed E-state index contributed by atoms with van der Waals surface area (Å²) >= 11 is 0. The Labute approximate surface area is 143 Å². The lowest BCUT2D eigenvalue weighted by atomic mass is 10.1. The highest BCUT2D eigenvalue weighted by Gasteiger charge is 2.17. The van der Waals surface area contributed by atoms with Gasteiger partial charge in [-0.3, -0.25) is 9.69 Å². The van der Waals surface area contributed by atoms with Crippen LogP contribution < -0.4 is 5.56 Å². The Morgan fingerprint density at radius 3 is 2.38 bits per heavy atom. The molecule has 1 aromatic heterocycles. The molecule has 1 fully saturated rings. The SMILES string of the molecule is CCCCN1CCN(Cn2nc(-c3ccccc3)ccc2=O)CC1. The van der Waals surface area contributed by atoms with E-state index in [4.69, 9.17) is 0 Å². The Hall–Kier alpha value is -1.98. The zero-order chi connectivity index (χ0) is 16.8. The van der Waals surface area contributed by atoms with Crippen LogP contribution in [0.25, 0.3) is 11.3 Å². The summed E-state index contributed by atoms with van der Waals surface area (Å²) in [5, 5.41) is 4.55. The van der Waals surface area contributed by atoms with Gasteiger partial charge in [-0.25, -0.2) is 4.68 Å². The lowest BCUT2D eigenvalue weighted by Gasteiger charge is -2.34. The average Bonchev–Trinajstić information content (AvgIpc) is 2.64. The van der Waals surface area contributed by atoms with Gasteiger partial charge in [0.25, 0.3) is 5.56 Å². The molecule has 128 valence electrons. The summed E-state index contributed by atoms with van der Waals surface area (Å²) in [5.74, 6) is 0. The summed E-state index contributed by atoms with van der Waals surface area (Å²) in [6.07, 6.45) is 2.51. The summed E-state index contributed by atoms with van der Waals surface area (Å²) in [6.45, 7) is 8.13. The van der Waals surface area contributed by atoms with Crippen LogP contribution in [0.5, 0.6) is 0 Å². The number of rotatable bonds is 6. The smallest absolute Gasteiger partial charge is 0.268 e. The van der Waals surface area contributed by atoms with Crippen molar-refractivity contribution in [1.82, 2.24) is 19.6 Å². The van der Waals surface area contributed by atoms with Crippen molar-refractivity contribution in [2.45, 2.75) is 26.4 Å². The third-order valence-electron chi connectivity index (χ3n) is 4.56. The highest BCUT2D eigenvalue weighted by atomic mass is 16.1. The predicted octanol–water partition coefficient (Wildman–Crippen LogP) is 2.29. The van der Waals surface area contributed by atoms with Gasteiger partial charge >= 0.3 is 0 Å². The van der Waals surface area contributed by atoms with Crippen molar-refractivity contribution in [3.05, 3.63) is 52.8 Å². The first-order valence-electron chi connectivity index (χ1n) is 8.84. The first-order chi connectivity index (χ1) is 11.8. The minimum Gasteiger partial charge on any atom is -0.301 e. The largest absolute Gasteiger partial charge is 0.301 e. The van der Waals surface area contributed by atoms with E-state index in [1.807, 2.05) is 30.3 Å². The second kappa shape index (κ2) is 8.22. The molecule has 1 saturated heterocycles. The molecule has 1 aromatic carbocycles. The molecule has 5 nitrogen and oxygen atoms in total. The average molecular weight is 326 g/mol. The van der Waals surface area contributed by atoms with Gasteiger partial charge in [0.15, 0.2) is 0 Å². The molecule has 5 heteroatoms. The first kappa shape index (κ1) is 16.9. The third kappa shape index (κ3) is 4.30. The van der Waals surface area contributed by atoms with E-state index < -0.39 is 0 Å². The monoisotopic (exact) mass is 326 g/mol. The minimum absolute atomic E-state index is 0.0388. The fourth-order valence-corrected chi connectivity index (χ4v) is 3.04. The Kier molecular flexibility index (Phi) is 5.77. The summed E-state index contributed by atoms with van der Waals surface area (Å²) in [6, 6.07) is 13.4. The van der Waals surface area contributed by atoms with Crippen LogP contribution in [0.4, 0.5) is 0 Å². The molecule has 0 atom stereocenters. The van der Waals surface area contributed by atoms with Gasteiger partial charge < -0.3 is 4.90 Å². The van der Waals surface area contributed by atoms with Crippen molar-refractivity contribution >= 4 is 0 Å². The van der Waals surface area contributed by atoms with Crippen molar-refractivity contribution in [1.29, 1.82) is 0 Å². The number of hydrogen-bond acceptors (Lipinski definition) is 4. The molecule has 0 aliphatic carbocycles. The van der Waals surface area contributed by atoms with E-state index in [0.717, 1.165) is 37.4 Å². The number of unbranched alkanes of at least 4 members (excludes halogenated alkanes) is 1. The highest BCUT2D eigenvalue weighted by molar-refractivity contribution is 5.57. The summed E-state index contributed by atoms with van der Waals surface area (Å²) in [5.41, 5.74) is 1.84. The van der Waals surface area contributed by atoms with Crippen molar-refractivity contribution in [3.63, 3.8) is 0 Å². The zero-order valence-electron chi connectivity index (χ0n) is 14.4. The van der Waals surface area contributed by atoms with Crippen LogP contribution in [-0.4, -0.2) is 52.3 Å². The fourth-order valence-electron chi connectivity index (χ4n) is 3.04. The molecule has 2 aromatic rings. The van der Waals surface area contributed by atoms with Gasteiger partial charge in [-0.15, -0.1) is 0 Å². The molecule has 1 aliphatic rings. The molecule has 1 aliphatic heterocycles. The molecular formula is C19H26N4O. The third-order valence-corrected chi connectivity index (χ3v) is 4.56. The van der Waals surface area contributed by atoms with Crippen LogP contribution in [-0.2, 0) is 6.67 Å². The van der Waals surface area contributed by atoms with Crippen LogP contribution in [0.2, 0.25) is 0 Å². The lowest BCUT2D eigenvalue weighted by molar-refractivity contribution is 0.101. The second-order valence-electron chi connectivity index (χ2n) is 6.38. The van der Waals surface area contributed by atoms with Gasteiger partial charge in [-0.1, -0.05) is 43.7 Å². The number of hydrogen-bond donors (Lipinski definition) is 0. The Morgan fingerprint density at radius 2 is 1.67 bits per heavy atom. The van der Waals surface area contributed by atoms with E-state index in [1.54, 1.807) is 16.8 Å². The molecule has 0 N–H and O–H groups in total. The van der Waals surface area contributed by atoms with E-state index in [1.165, 1.54) is 19.4 Å². The number of piperazine rings is 1. The van der Waals surface area contributed by atoms with Crippen molar-refractivity contribution in [2.75, 3.05) is 32.7 Å². The maximum absolute atomic E-state index is 12.1. The molecule has 0 amide bonds. The number of benzene rings is 1. The highest BCUT2D eigenvalue weighted by Crippen LogP contribution is 2.14. The Balaban J connectivity index is 1.64. The van der Waals surface area contributed by atoms with Crippen LogP contribution in [0.15, 0.2) is 47.3 Å². The van der Waals surface area contributed by atoms with Crippen molar-refractivity contribution < 1.29 is 0 Å². The molecule has 2 heterocycles. The van der Waals surface area contributed by atoms with Crippen LogP contribution >= 0.6 is 0 Å². The van der Waals surface area contributed by atoms with E-state index in [0.29, 0.717) is 6.67 Å². The number of nitrogens with zero attached hydrogens (tertiary/aromatic N) is 4. The molecule has 24 heavy (non-hydrogen) atoms. The van der Waals surface area contributed by atoms with Gasteiger partial charge in [-0.2, -0.15) is 5.10 Å². The van der Waals surface area contributed by atoms with Gasteiger partial charge in [-0.05, 0) is 19.0 Å². The molecule has 0 spiro atoms. The summed E-state index contributed by atoms with van der Waals surface area (Å²) in [4.78, 5) is 17.0. The van der Waals surface area contributed by atoms with E-state index in [2.05, 4.69) is 21.8 Å². The van der Waals surface area contributed by atoms with Crippen molar-refractivity contribution in [2.24, 2.45) is 0 Å². The lowest BCUT2D eigenvalue weighted by Crippen LogP contribution is -2.48. The van der Waals surface area contributed by atoms with E-state index in [9.17, 15) is 4.79 Å². The maximum Gasteiger partial charge on any atom is 0.268 e. The Morgan fingerprint density at radius 1 is 0.958 bits per heavy atom. The van der Waals surface area contributed by atoms with Crippen LogP contribution in [0.3, 0.4) is 0 Å². The summed E-state index contributed by atoms with van der Waals surface area (Å²) in [7, 11) is 0. The van der Waals surface area contributed by atoms with Gasteiger partial charge in [0.05, 0.1) is 12.4 Å². The van der Waals surface area contributed by atoms with Gasteiger partial charge in [0.1, 0.15) is 0 Å². The quantitative estimate of drug-likeness (QED) is 0.817. The summed E-state index contributed by atoms with van der Waals surface area (Å²) < 4.78 is 1.59. The maximum atomic E-state index is 12.1. The zero-order valence-corrected chi connectivity index (χ0v) is 14.4. The molecule has 0 saturated carbocycles. The molecular weight excluding hydrogens is 300 g/mol. The molecule has 0 bridgehead atoms. The standard InChI is InChI=1S/C19H26N4O/c1-2-3-11-21-12-14-22(15-13-21)16-23-19(24)10-9-18(20-23)17-7-5-4-6-8-17/h4-10H,2-3,11-16H2,1H3. The van der Waals surface area contributed by atoms with Gasteiger partial charge in [0.2, 0.25) is 0 Å². The predicted molar refractivity (Wildman–Crippen MR) is 96.9 cm³/mol. The molecule has 0 radical (unpaired) electrons.